The van der Waals surface area contributed by atoms with Gasteiger partial charge in [0.05, 0.1) is 44.0 Å². The third kappa shape index (κ3) is 4.33. The Morgan fingerprint density at radius 2 is 1.72 bits per heavy atom. The van der Waals surface area contributed by atoms with Crippen LogP contribution in [-0.2, 0) is 9.59 Å². The van der Waals surface area contributed by atoms with Crippen LogP contribution in [0.5, 0.6) is 17.2 Å². The van der Waals surface area contributed by atoms with E-state index >= 15 is 0 Å². The fraction of sp³-hybridized carbons (Fsp3) is 0.241. The number of aromatic amines is 1. The summed E-state index contributed by atoms with van der Waals surface area (Å²) in [5, 5.41) is 11.5. The maximum atomic E-state index is 13.5. The molecule has 1 atom stereocenters. The monoisotopic (exact) mass is 528 g/mol. The predicted octanol–water partition coefficient (Wildman–Crippen LogP) is 4.73. The number of amides is 1. The largest absolute Gasteiger partial charge is 0.507 e. The highest BCUT2D eigenvalue weighted by atomic mass is 16.5. The quantitative estimate of drug-likeness (QED) is 0.200. The number of ketones is 1. The van der Waals surface area contributed by atoms with Crippen LogP contribution in [0.25, 0.3) is 16.8 Å². The van der Waals surface area contributed by atoms with Crippen molar-refractivity contribution in [2.45, 2.75) is 25.8 Å². The maximum Gasteiger partial charge on any atom is 0.302 e. The molecule has 1 aliphatic rings. The van der Waals surface area contributed by atoms with Gasteiger partial charge in [-0.15, -0.1) is 0 Å². The van der Waals surface area contributed by atoms with Crippen LogP contribution < -0.4 is 19.1 Å². The van der Waals surface area contributed by atoms with E-state index in [9.17, 15) is 14.7 Å². The number of rotatable bonds is 7. The molecule has 0 saturated carbocycles. The molecular weight excluding hydrogens is 500 g/mol. The molecule has 0 spiro atoms. The fourth-order valence-corrected chi connectivity index (χ4v) is 4.83. The SMILES string of the molecule is COc1cc2nc(N3C(=O)C(=O)/C(=C(/O)c4ccc(OC)c(C(C)C)c4)C3c3cccnc3)[nH]c2cc1OC. The minimum absolute atomic E-state index is 0.0662. The number of ether oxygens (including phenoxy) is 3. The molecule has 2 aromatic carbocycles. The number of fused-ring (bicyclic) bond motifs is 1. The van der Waals surface area contributed by atoms with Crippen molar-refractivity contribution in [1.82, 2.24) is 15.0 Å². The molecule has 10 nitrogen and oxygen atoms in total. The zero-order valence-electron chi connectivity index (χ0n) is 22.2. The van der Waals surface area contributed by atoms with E-state index in [4.69, 9.17) is 14.2 Å². The maximum absolute atomic E-state index is 13.5. The van der Waals surface area contributed by atoms with Gasteiger partial charge < -0.3 is 24.3 Å². The number of methoxy groups -OCH3 is 3. The summed E-state index contributed by atoms with van der Waals surface area (Å²) in [6.07, 6.45) is 3.15. The molecule has 0 bridgehead atoms. The van der Waals surface area contributed by atoms with E-state index in [1.807, 2.05) is 13.8 Å². The summed E-state index contributed by atoms with van der Waals surface area (Å²) in [4.78, 5) is 40.2. The number of anilines is 1. The van der Waals surface area contributed by atoms with Crippen LogP contribution in [0.3, 0.4) is 0 Å². The summed E-state index contributed by atoms with van der Waals surface area (Å²) in [6.45, 7) is 4.00. The first kappa shape index (κ1) is 25.8. The third-order valence-corrected chi connectivity index (χ3v) is 6.77. The molecule has 1 saturated heterocycles. The topological polar surface area (TPSA) is 127 Å². The van der Waals surface area contributed by atoms with Gasteiger partial charge in [-0.1, -0.05) is 19.9 Å². The highest BCUT2D eigenvalue weighted by Gasteiger charge is 2.48. The number of nitrogens with one attached hydrogen (secondary N) is 1. The molecule has 4 aromatic rings. The summed E-state index contributed by atoms with van der Waals surface area (Å²) in [5.74, 6) is -0.130. The van der Waals surface area contributed by atoms with Crippen molar-refractivity contribution >= 4 is 34.4 Å². The normalized spacial score (nSPS) is 16.8. The van der Waals surface area contributed by atoms with Crippen LogP contribution in [0.1, 0.15) is 42.5 Å². The Morgan fingerprint density at radius 1 is 1.00 bits per heavy atom. The first-order valence-electron chi connectivity index (χ1n) is 12.3. The summed E-state index contributed by atoms with van der Waals surface area (Å²) in [7, 11) is 4.61. The van der Waals surface area contributed by atoms with Crippen LogP contribution in [0.4, 0.5) is 5.95 Å². The Labute approximate surface area is 224 Å². The fourth-order valence-electron chi connectivity index (χ4n) is 4.83. The minimum Gasteiger partial charge on any atom is -0.507 e. The number of H-pyrrole nitrogens is 1. The van der Waals surface area contributed by atoms with Crippen molar-refractivity contribution in [3.05, 3.63) is 77.1 Å². The number of aromatic nitrogens is 3. The van der Waals surface area contributed by atoms with Gasteiger partial charge in [0.15, 0.2) is 11.5 Å². The number of benzene rings is 2. The Bertz CT molecular complexity index is 1570. The number of aliphatic hydroxyl groups is 1. The summed E-state index contributed by atoms with van der Waals surface area (Å²) >= 11 is 0. The van der Waals surface area contributed by atoms with E-state index in [-0.39, 0.29) is 23.2 Å². The summed E-state index contributed by atoms with van der Waals surface area (Å²) < 4.78 is 16.2. The van der Waals surface area contributed by atoms with Crippen molar-refractivity contribution in [1.29, 1.82) is 0 Å². The van der Waals surface area contributed by atoms with E-state index in [2.05, 4.69) is 15.0 Å². The highest BCUT2D eigenvalue weighted by molar-refractivity contribution is 6.51. The van der Waals surface area contributed by atoms with E-state index in [0.717, 1.165) is 5.56 Å². The lowest BCUT2D eigenvalue weighted by Crippen LogP contribution is -2.30. The molecule has 1 unspecified atom stereocenters. The average molecular weight is 529 g/mol. The van der Waals surface area contributed by atoms with Gasteiger partial charge >= 0.3 is 5.91 Å². The molecule has 0 aliphatic carbocycles. The molecule has 39 heavy (non-hydrogen) atoms. The summed E-state index contributed by atoms with van der Waals surface area (Å²) in [5.41, 5.74) is 2.80. The summed E-state index contributed by atoms with van der Waals surface area (Å²) in [6, 6.07) is 11.0. The Kier molecular flexibility index (Phi) is 6.69. The molecule has 0 radical (unpaired) electrons. The van der Waals surface area contributed by atoms with Crippen LogP contribution in [0, 0.1) is 0 Å². The number of hydrogen-bond acceptors (Lipinski definition) is 8. The Balaban J connectivity index is 1.71. The minimum atomic E-state index is -0.979. The number of nitrogens with zero attached hydrogens (tertiary/aromatic N) is 3. The number of pyridine rings is 1. The zero-order chi connectivity index (χ0) is 27.8. The lowest BCUT2D eigenvalue weighted by Gasteiger charge is -2.22. The Hall–Kier alpha value is -4.86. The number of carbonyl (C=O) groups excluding carboxylic acids is 2. The van der Waals surface area contributed by atoms with Crippen molar-refractivity contribution in [3.63, 3.8) is 0 Å². The number of hydrogen-bond donors (Lipinski definition) is 2. The van der Waals surface area contributed by atoms with E-state index in [1.165, 1.54) is 19.1 Å². The number of Topliss-reactive ketones (excluding diaryl/α,β-unsaturated/α-hetero) is 1. The standard InChI is InChI=1S/C29H28N4O6/c1-15(2)18-11-16(8-9-21(18)37-3)26(34)24-25(17-7-6-10-30-14-17)33(28(36)27(24)35)29-31-19-12-22(38-4)23(39-5)13-20(19)32-29/h6-15,25,34H,1-5H3,(H,31,32)/b26-24+. The molecule has 10 heteroatoms. The van der Waals surface area contributed by atoms with Crippen LogP contribution in [-0.4, -0.2) is 53.1 Å². The van der Waals surface area contributed by atoms with Crippen molar-refractivity contribution in [3.8, 4) is 17.2 Å². The molecular formula is C29H28N4O6. The van der Waals surface area contributed by atoms with Crippen molar-refractivity contribution in [2.24, 2.45) is 0 Å². The molecule has 5 rings (SSSR count). The van der Waals surface area contributed by atoms with Crippen molar-refractivity contribution in [2.75, 3.05) is 26.2 Å². The molecule has 2 N–H and O–H groups in total. The highest BCUT2D eigenvalue weighted by Crippen LogP contribution is 2.43. The van der Waals surface area contributed by atoms with Crippen LogP contribution in [0.15, 0.2) is 60.4 Å². The van der Waals surface area contributed by atoms with Gasteiger partial charge in [0.1, 0.15) is 11.5 Å². The first-order chi connectivity index (χ1) is 18.8. The molecule has 1 aliphatic heterocycles. The van der Waals surface area contributed by atoms with Gasteiger partial charge in [-0.3, -0.25) is 19.5 Å². The van der Waals surface area contributed by atoms with Gasteiger partial charge in [-0.05, 0) is 41.3 Å². The molecule has 1 amide bonds. The van der Waals surface area contributed by atoms with Gasteiger partial charge in [-0.25, -0.2) is 4.98 Å². The van der Waals surface area contributed by atoms with Gasteiger partial charge in [0.25, 0.3) is 5.78 Å². The molecule has 3 heterocycles. The number of aliphatic hydroxyl groups excluding tert-OH is 1. The zero-order valence-corrected chi connectivity index (χ0v) is 22.2. The first-order valence-corrected chi connectivity index (χ1v) is 12.3. The second-order valence-corrected chi connectivity index (χ2v) is 9.35. The second kappa shape index (κ2) is 10.1. The van der Waals surface area contributed by atoms with E-state index in [1.54, 1.807) is 62.0 Å². The second-order valence-electron chi connectivity index (χ2n) is 9.35. The van der Waals surface area contributed by atoms with Gasteiger partial charge in [-0.2, -0.15) is 0 Å². The van der Waals surface area contributed by atoms with Gasteiger partial charge in [0.2, 0.25) is 5.95 Å². The van der Waals surface area contributed by atoms with Gasteiger partial charge in [0, 0.05) is 30.1 Å². The van der Waals surface area contributed by atoms with Crippen LogP contribution >= 0.6 is 0 Å². The van der Waals surface area contributed by atoms with Crippen LogP contribution in [0.2, 0.25) is 0 Å². The average Bonchev–Trinajstić information content (AvgIpc) is 3.48. The molecule has 200 valence electrons. The Morgan fingerprint density at radius 3 is 2.36 bits per heavy atom. The predicted molar refractivity (Wildman–Crippen MR) is 145 cm³/mol. The van der Waals surface area contributed by atoms with E-state index in [0.29, 0.717) is 39.4 Å². The lowest BCUT2D eigenvalue weighted by atomic mass is 9.94. The lowest BCUT2D eigenvalue weighted by molar-refractivity contribution is -0.132. The van der Waals surface area contributed by atoms with E-state index < -0.39 is 17.7 Å². The van der Waals surface area contributed by atoms with Crippen molar-refractivity contribution < 1.29 is 28.9 Å². The number of carbonyl (C=O) groups is 2. The molecule has 1 fully saturated rings. The third-order valence-electron chi connectivity index (χ3n) is 6.77. The molecule has 2 aromatic heterocycles. The number of imidazole rings is 1. The smallest absolute Gasteiger partial charge is 0.302 e.